The van der Waals surface area contributed by atoms with Crippen LogP contribution < -0.4 is 10.6 Å². The molecule has 1 aromatic heterocycles. The van der Waals surface area contributed by atoms with Crippen LogP contribution in [0, 0.1) is 6.92 Å². The lowest BCUT2D eigenvalue weighted by Gasteiger charge is -2.14. The molecule has 0 aliphatic carbocycles. The van der Waals surface area contributed by atoms with Crippen molar-refractivity contribution in [3.05, 3.63) is 94.8 Å². The normalized spacial score (nSPS) is 10.5. The molecule has 3 rings (SSSR count). The Labute approximate surface area is 177 Å². The van der Waals surface area contributed by atoms with Crippen LogP contribution in [-0.4, -0.2) is 35.8 Å². The number of carbonyl (C=O) groups excluding carboxylic acids is 2. The van der Waals surface area contributed by atoms with E-state index in [9.17, 15) is 9.59 Å². The van der Waals surface area contributed by atoms with E-state index < -0.39 is 0 Å². The number of amides is 2. The highest BCUT2D eigenvalue weighted by Crippen LogP contribution is 2.18. The standard InChI is InChI=1S/C24H26N4O2/c1-17-7-6-8-18(11-17)15-25-16-19-12-20(24(30)28(2)3)14-21(13-19)27-23(29)22-9-4-5-10-26-22/h4-14,25H,15-16H2,1-3H3,(H,27,29). The average molecular weight is 402 g/mol. The van der Waals surface area contributed by atoms with Crippen LogP contribution in [0.3, 0.4) is 0 Å². The maximum absolute atomic E-state index is 12.5. The highest BCUT2D eigenvalue weighted by molar-refractivity contribution is 6.04. The van der Waals surface area contributed by atoms with Gasteiger partial charge in [0.05, 0.1) is 0 Å². The van der Waals surface area contributed by atoms with Gasteiger partial charge in [0, 0.05) is 44.6 Å². The number of hydrogen-bond acceptors (Lipinski definition) is 4. The first-order chi connectivity index (χ1) is 14.4. The molecule has 0 unspecified atom stereocenters. The lowest BCUT2D eigenvalue weighted by atomic mass is 10.1. The van der Waals surface area contributed by atoms with Gasteiger partial charge >= 0.3 is 0 Å². The van der Waals surface area contributed by atoms with E-state index in [4.69, 9.17) is 0 Å². The molecule has 6 heteroatoms. The van der Waals surface area contributed by atoms with E-state index in [1.807, 2.05) is 18.2 Å². The third-order valence-electron chi connectivity index (χ3n) is 4.54. The third kappa shape index (κ3) is 5.75. The quantitative estimate of drug-likeness (QED) is 0.633. The molecule has 2 aromatic carbocycles. The molecule has 0 radical (unpaired) electrons. The van der Waals surface area contributed by atoms with Crippen LogP contribution in [0.25, 0.3) is 0 Å². The monoisotopic (exact) mass is 402 g/mol. The highest BCUT2D eigenvalue weighted by Gasteiger charge is 2.13. The molecular weight excluding hydrogens is 376 g/mol. The van der Waals surface area contributed by atoms with Crippen LogP contribution in [0.5, 0.6) is 0 Å². The summed E-state index contributed by atoms with van der Waals surface area (Å²) in [5.74, 6) is -0.437. The summed E-state index contributed by atoms with van der Waals surface area (Å²) >= 11 is 0. The number of pyridine rings is 1. The number of benzene rings is 2. The summed E-state index contributed by atoms with van der Waals surface area (Å²) in [6.07, 6.45) is 1.57. The lowest BCUT2D eigenvalue weighted by molar-refractivity contribution is 0.0827. The number of carbonyl (C=O) groups is 2. The Bertz CT molecular complexity index is 1030. The predicted octanol–water partition coefficient (Wildman–Crippen LogP) is 3.63. The number of aromatic nitrogens is 1. The Kier molecular flexibility index (Phi) is 6.93. The summed E-state index contributed by atoms with van der Waals surface area (Å²) in [6.45, 7) is 3.34. The largest absolute Gasteiger partial charge is 0.345 e. The summed E-state index contributed by atoms with van der Waals surface area (Å²) in [7, 11) is 3.41. The topological polar surface area (TPSA) is 74.3 Å². The van der Waals surface area contributed by atoms with E-state index in [1.165, 1.54) is 16.0 Å². The fourth-order valence-electron chi connectivity index (χ4n) is 3.11. The molecule has 0 bridgehead atoms. The van der Waals surface area contributed by atoms with E-state index in [-0.39, 0.29) is 11.8 Å². The number of aryl methyl sites for hydroxylation is 1. The van der Waals surface area contributed by atoms with Crippen molar-refractivity contribution in [3.8, 4) is 0 Å². The number of nitrogens with zero attached hydrogens (tertiary/aromatic N) is 2. The van der Waals surface area contributed by atoms with Crippen molar-refractivity contribution in [1.82, 2.24) is 15.2 Å². The molecule has 0 spiro atoms. The van der Waals surface area contributed by atoms with E-state index in [0.717, 1.165) is 5.56 Å². The molecule has 30 heavy (non-hydrogen) atoms. The zero-order chi connectivity index (χ0) is 21.5. The zero-order valence-corrected chi connectivity index (χ0v) is 17.5. The van der Waals surface area contributed by atoms with Gasteiger partial charge in [-0.25, -0.2) is 0 Å². The fraction of sp³-hybridized carbons (Fsp3) is 0.208. The smallest absolute Gasteiger partial charge is 0.274 e. The number of nitrogens with one attached hydrogen (secondary N) is 2. The summed E-state index contributed by atoms with van der Waals surface area (Å²) < 4.78 is 0. The van der Waals surface area contributed by atoms with Crippen LogP contribution in [-0.2, 0) is 13.1 Å². The number of hydrogen-bond donors (Lipinski definition) is 2. The average Bonchev–Trinajstić information content (AvgIpc) is 2.73. The second-order valence-electron chi connectivity index (χ2n) is 7.38. The zero-order valence-electron chi connectivity index (χ0n) is 17.5. The Morgan fingerprint density at radius 2 is 1.73 bits per heavy atom. The van der Waals surface area contributed by atoms with Gasteiger partial charge in [-0.15, -0.1) is 0 Å². The second kappa shape index (κ2) is 9.80. The molecule has 2 N–H and O–H groups in total. The molecule has 0 aliphatic heterocycles. The minimum atomic E-state index is -0.316. The second-order valence-corrected chi connectivity index (χ2v) is 7.38. The number of rotatable bonds is 7. The molecule has 2 amide bonds. The van der Waals surface area contributed by atoms with Crippen molar-refractivity contribution < 1.29 is 9.59 Å². The molecule has 0 aliphatic rings. The molecule has 0 saturated heterocycles. The van der Waals surface area contributed by atoms with Crippen molar-refractivity contribution in [2.45, 2.75) is 20.0 Å². The lowest BCUT2D eigenvalue weighted by Crippen LogP contribution is -2.23. The van der Waals surface area contributed by atoms with Crippen molar-refractivity contribution in [2.24, 2.45) is 0 Å². The van der Waals surface area contributed by atoms with Crippen molar-refractivity contribution in [3.63, 3.8) is 0 Å². The van der Waals surface area contributed by atoms with Crippen molar-refractivity contribution >= 4 is 17.5 Å². The molecule has 154 valence electrons. The summed E-state index contributed by atoms with van der Waals surface area (Å²) in [4.78, 5) is 30.6. The van der Waals surface area contributed by atoms with E-state index in [1.54, 1.807) is 44.6 Å². The molecular formula is C24H26N4O2. The van der Waals surface area contributed by atoms with Crippen molar-refractivity contribution in [2.75, 3.05) is 19.4 Å². The van der Waals surface area contributed by atoms with Gasteiger partial charge in [-0.05, 0) is 48.4 Å². The van der Waals surface area contributed by atoms with Gasteiger partial charge in [-0.2, -0.15) is 0 Å². The van der Waals surface area contributed by atoms with Gasteiger partial charge in [0.25, 0.3) is 11.8 Å². The maximum Gasteiger partial charge on any atom is 0.274 e. The first-order valence-electron chi connectivity index (χ1n) is 9.76. The van der Waals surface area contributed by atoms with E-state index >= 15 is 0 Å². The number of anilines is 1. The SMILES string of the molecule is Cc1cccc(CNCc2cc(NC(=O)c3ccccn3)cc(C(=O)N(C)C)c2)c1. The van der Waals surface area contributed by atoms with Gasteiger partial charge in [0.2, 0.25) is 0 Å². The molecule has 0 fully saturated rings. The van der Waals surface area contributed by atoms with Gasteiger partial charge in [0.1, 0.15) is 5.69 Å². The summed E-state index contributed by atoms with van der Waals surface area (Å²) in [6, 6.07) is 18.9. The fourth-order valence-corrected chi connectivity index (χ4v) is 3.11. The molecule has 0 saturated carbocycles. The first-order valence-corrected chi connectivity index (χ1v) is 9.76. The third-order valence-corrected chi connectivity index (χ3v) is 4.54. The van der Waals surface area contributed by atoms with Crippen LogP contribution in [0.15, 0.2) is 66.9 Å². The van der Waals surface area contributed by atoms with Crippen molar-refractivity contribution in [1.29, 1.82) is 0 Å². The van der Waals surface area contributed by atoms with E-state index in [2.05, 4.69) is 40.7 Å². The minimum Gasteiger partial charge on any atom is -0.345 e. The highest BCUT2D eigenvalue weighted by atomic mass is 16.2. The Hall–Kier alpha value is -3.51. The molecule has 0 atom stereocenters. The van der Waals surface area contributed by atoms with Crippen LogP contribution in [0.1, 0.15) is 37.5 Å². The van der Waals surface area contributed by atoms with Crippen LogP contribution in [0.4, 0.5) is 5.69 Å². The maximum atomic E-state index is 12.5. The summed E-state index contributed by atoms with van der Waals surface area (Å²) in [5.41, 5.74) is 4.72. The van der Waals surface area contributed by atoms with Gasteiger partial charge in [-0.3, -0.25) is 14.6 Å². The Morgan fingerprint density at radius 1 is 0.933 bits per heavy atom. The van der Waals surface area contributed by atoms with E-state index in [0.29, 0.717) is 30.0 Å². The van der Waals surface area contributed by atoms with Gasteiger partial charge in [0.15, 0.2) is 0 Å². The summed E-state index contributed by atoms with van der Waals surface area (Å²) in [5, 5.41) is 6.25. The first kappa shape index (κ1) is 21.2. The Balaban J connectivity index is 1.77. The van der Waals surface area contributed by atoms with Crippen LogP contribution in [0.2, 0.25) is 0 Å². The predicted molar refractivity (Wildman–Crippen MR) is 118 cm³/mol. The van der Waals surface area contributed by atoms with Gasteiger partial charge < -0.3 is 15.5 Å². The molecule has 3 aromatic rings. The minimum absolute atomic E-state index is 0.121. The van der Waals surface area contributed by atoms with Gasteiger partial charge in [-0.1, -0.05) is 35.9 Å². The molecule has 6 nitrogen and oxygen atoms in total. The molecule has 1 heterocycles. The Morgan fingerprint density at radius 3 is 2.43 bits per heavy atom. The van der Waals surface area contributed by atoms with Crippen LogP contribution >= 0.6 is 0 Å².